The van der Waals surface area contributed by atoms with Crippen LogP contribution in [0.4, 0.5) is 5.69 Å². The van der Waals surface area contributed by atoms with Crippen molar-refractivity contribution in [2.75, 3.05) is 12.8 Å². The largest absolute Gasteiger partial charge is 0.505 e. The zero-order valence-corrected chi connectivity index (χ0v) is 37.5. The maximum atomic E-state index is 11.2. The molecule has 0 aliphatic heterocycles. The highest BCUT2D eigenvalue weighted by Crippen LogP contribution is 2.33. The number of amides is 1. The summed E-state index contributed by atoms with van der Waals surface area (Å²) in [5, 5.41) is 28.7. The van der Waals surface area contributed by atoms with Crippen LogP contribution in [0.25, 0.3) is 16.7 Å². The SMILES string of the molecule is C=CC(=O)N(C)Cc1ccccc1.Cc1cc(CC(C)C[Si](C)(O[Si](C)(C)C)O[Si](C)(C)C)c(O)c(-n2nc3ccccc3n2)c1.Nc1ccc(C(=O)O)cc1. The summed E-state index contributed by atoms with van der Waals surface area (Å²) in [4.78, 5) is 24.6. The molecule has 5 aromatic rings. The van der Waals surface area contributed by atoms with Crippen molar-refractivity contribution >= 4 is 53.8 Å². The van der Waals surface area contributed by atoms with E-state index in [0.29, 0.717) is 23.8 Å². The highest BCUT2D eigenvalue weighted by molar-refractivity contribution is 6.87. The number of phenols is 1. The predicted molar refractivity (Wildman–Crippen MR) is 234 cm³/mol. The Hall–Kier alpha value is -4.87. The maximum Gasteiger partial charge on any atom is 0.335 e. The fourth-order valence-corrected chi connectivity index (χ4v) is 19.3. The molecule has 0 saturated carbocycles. The van der Waals surface area contributed by atoms with Gasteiger partial charge in [-0.2, -0.15) is 0 Å². The van der Waals surface area contributed by atoms with E-state index in [1.54, 1.807) is 28.9 Å². The first-order valence-electron chi connectivity index (χ1n) is 18.6. The number of fused-ring (bicyclic) bond motifs is 1. The van der Waals surface area contributed by atoms with Gasteiger partial charge in [0, 0.05) is 19.3 Å². The molecule has 4 N–H and O–H groups in total. The lowest BCUT2D eigenvalue weighted by Crippen LogP contribution is -2.53. The molecule has 0 aliphatic rings. The average molecular weight is 814 g/mol. The normalized spacial score (nSPS) is 12.1. The number of benzene rings is 4. The monoisotopic (exact) mass is 813 g/mol. The smallest absolute Gasteiger partial charge is 0.335 e. The van der Waals surface area contributed by atoms with Gasteiger partial charge in [-0.3, -0.25) is 4.79 Å². The molecule has 0 spiro atoms. The molecule has 1 amide bonds. The van der Waals surface area contributed by atoms with Gasteiger partial charge in [-0.1, -0.05) is 62.0 Å². The minimum absolute atomic E-state index is 0.0520. The van der Waals surface area contributed by atoms with Crippen molar-refractivity contribution in [1.82, 2.24) is 19.9 Å². The van der Waals surface area contributed by atoms with Crippen molar-refractivity contribution in [2.24, 2.45) is 5.92 Å². The average Bonchev–Trinajstić information content (AvgIpc) is 3.53. The molecule has 0 aliphatic carbocycles. The summed E-state index contributed by atoms with van der Waals surface area (Å²) in [7, 11) is -4.10. The minimum atomic E-state index is -2.36. The minimum Gasteiger partial charge on any atom is -0.505 e. The number of nitrogens with zero attached hydrogens (tertiary/aromatic N) is 4. The number of carboxylic acid groups (broad SMARTS) is 1. The fraction of sp³-hybridized carbons (Fsp3) is 0.333. The van der Waals surface area contributed by atoms with E-state index in [1.165, 1.54) is 18.2 Å². The van der Waals surface area contributed by atoms with Crippen molar-refractivity contribution in [2.45, 2.75) is 78.7 Å². The Labute approximate surface area is 335 Å². The van der Waals surface area contributed by atoms with Crippen LogP contribution >= 0.6 is 0 Å². The van der Waals surface area contributed by atoms with Gasteiger partial charge in [-0.25, -0.2) is 4.79 Å². The van der Waals surface area contributed by atoms with Crippen molar-refractivity contribution in [1.29, 1.82) is 0 Å². The number of aromatic hydroxyl groups is 1. The number of anilines is 1. The highest BCUT2D eigenvalue weighted by atomic mass is 28.5. The topological polar surface area (TPSA) is 153 Å². The molecule has 0 saturated heterocycles. The van der Waals surface area contributed by atoms with Gasteiger partial charge in [0.05, 0.1) is 5.56 Å². The second kappa shape index (κ2) is 19.8. The van der Waals surface area contributed by atoms with Crippen LogP contribution in [0.3, 0.4) is 0 Å². The second-order valence-corrected chi connectivity index (χ2v) is 28.9. The second-order valence-electron chi connectivity index (χ2n) is 16.2. The lowest BCUT2D eigenvalue weighted by Gasteiger charge is -2.39. The number of phenolic OH excluding ortho intramolecular Hbond substituents is 1. The first-order chi connectivity index (χ1) is 26.1. The third kappa shape index (κ3) is 15.0. The lowest BCUT2D eigenvalue weighted by molar-refractivity contribution is -0.125. The number of likely N-dealkylation sites (N-methyl/N-ethyl adjacent to an activating group) is 1. The Bertz CT molecular complexity index is 2010. The van der Waals surface area contributed by atoms with Gasteiger partial charge in [0.2, 0.25) is 5.91 Å². The molecule has 300 valence electrons. The van der Waals surface area contributed by atoms with Crippen molar-refractivity contribution in [3.05, 3.63) is 126 Å². The number of rotatable bonds is 13. The van der Waals surface area contributed by atoms with Gasteiger partial charge in [-0.05, 0) is 136 Å². The number of aromatic nitrogens is 3. The molecule has 4 aromatic carbocycles. The number of carboxylic acids is 1. The molecule has 1 heterocycles. The maximum absolute atomic E-state index is 11.2. The van der Waals surface area contributed by atoms with E-state index in [2.05, 4.69) is 75.6 Å². The number of aryl methyl sites for hydroxylation is 1. The summed E-state index contributed by atoms with van der Waals surface area (Å²) >= 11 is 0. The Kier molecular flexibility index (Phi) is 16.1. The molecule has 1 atom stereocenters. The molecule has 5 rings (SSSR count). The van der Waals surface area contributed by atoms with Crippen LogP contribution in [0.5, 0.6) is 5.75 Å². The van der Waals surface area contributed by atoms with E-state index in [-0.39, 0.29) is 17.2 Å². The van der Waals surface area contributed by atoms with E-state index in [9.17, 15) is 14.7 Å². The number of carbonyl (C=O) groups is 2. The Morgan fingerprint density at radius 3 is 1.88 bits per heavy atom. The van der Waals surface area contributed by atoms with Gasteiger partial charge in [-0.15, -0.1) is 15.0 Å². The molecule has 14 heteroatoms. The molecule has 0 bridgehead atoms. The predicted octanol–water partition coefficient (Wildman–Crippen LogP) is 9.19. The standard InChI is InChI=1S/C24H39N3O3Si3.C11H13NO.C7H7NO2/c1-18-14-20(15-19(2)17-33(9,29-31(3,4)5)30-32(6,7)8)24(28)23(16-18)27-25-21-12-10-11-13-22(21)26-27;1-3-11(13)12(2)9-10-7-5-4-6-8-10;8-6-3-1-5(2-4-6)7(9)10/h10-14,16,19,28H,15,17H2,1-9H3;3-8H,1,9H2,2H3;1-4H,8H2,(H,9,10). The van der Waals surface area contributed by atoms with Gasteiger partial charge >= 0.3 is 14.5 Å². The van der Waals surface area contributed by atoms with Crippen molar-refractivity contribution < 1.29 is 28.0 Å². The first-order valence-corrected chi connectivity index (χ1v) is 28.0. The van der Waals surface area contributed by atoms with Gasteiger partial charge < -0.3 is 29.1 Å². The number of nitrogen functional groups attached to an aromatic ring is 1. The number of hydrogen-bond donors (Lipinski definition) is 3. The van der Waals surface area contributed by atoms with Crippen LogP contribution in [0, 0.1) is 12.8 Å². The van der Waals surface area contributed by atoms with Crippen LogP contribution in [0.2, 0.25) is 51.9 Å². The number of hydrogen-bond acceptors (Lipinski definition) is 8. The molecule has 0 fully saturated rings. The summed E-state index contributed by atoms with van der Waals surface area (Å²) in [6.45, 7) is 24.0. The van der Waals surface area contributed by atoms with Crippen LogP contribution in [0.15, 0.2) is 104 Å². The zero-order valence-electron chi connectivity index (χ0n) is 34.5. The summed E-state index contributed by atoms with van der Waals surface area (Å²) in [6, 6.07) is 28.6. The van der Waals surface area contributed by atoms with Crippen molar-refractivity contribution in [3.8, 4) is 11.4 Å². The number of nitrogens with two attached hydrogens (primary N) is 1. The molecule has 1 unspecified atom stereocenters. The van der Waals surface area contributed by atoms with Gasteiger partial charge in [0.1, 0.15) is 22.5 Å². The molecule has 1 aromatic heterocycles. The molecule has 56 heavy (non-hydrogen) atoms. The van der Waals surface area contributed by atoms with Crippen molar-refractivity contribution in [3.63, 3.8) is 0 Å². The highest BCUT2D eigenvalue weighted by Gasteiger charge is 2.41. The van der Waals surface area contributed by atoms with E-state index < -0.39 is 31.2 Å². The Morgan fingerprint density at radius 2 is 1.39 bits per heavy atom. The Balaban J connectivity index is 0.000000296. The fourth-order valence-electron chi connectivity index (χ4n) is 6.31. The third-order valence-corrected chi connectivity index (χ3v) is 17.9. The molecule has 0 radical (unpaired) electrons. The van der Waals surface area contributed by atoms with Crippen LogP contribution in [-0.2, 0) is 26.0 Å². The van der Waals surface area contributed by atoms with Crippen LogP contribution in [0.1, 0.15) is 34.0 Å². The van der Waals surface area contributed by atoms with Gasteiger partial charge in [0.25, 0.3) is 0 Å². The van der Waals surface area contributed by atoms with Gasteiger partial charge in [0.15, 0.2) is 16.6 Å². The number of carbonyl (C=O) groups excluding carboxylic acids is 1. The first kappa shape index (κ1) is 45.5. The van der Waals surface area contributed by atoms with E-state index in [1.807, 2.05) is 67.6 Å². The molecule has 11 nitrogen and oxygen atoms in total. The van der Waals surface area contributed by atoms with E-state index in [4.69, 9.17) is 19.1 Å². The van der Waals surface area contributed by atoms with E-state index in [0.717, 1.165) is 40.2 Å². The Morgan fingerprint density at radius 1 is 0.875 bits per heavy atom. The lowest BCUT2D eigenvalue weighted by atomic mass is 9.99. The van der Waals surface area contributed by atoms with E-state index >= 15 is 0 Å². The summed E-state index contributed by atoms with van der Waals surface area (Å²) in [5.74, 6) is -0.434. The summed E-state index contributed by atoms with van der Waals surface area (Å²) in [5.41, 5.74) is 11.5. The molecular formula is C42H59N5O6Si3. The number of aromatic carboxylic acids is 1. The zero-order chi connectivity index (χ0) is 41.8. The van der Waals surface area contributed by atoms with Crippen LogP contribution < -0.4 is 5.73 Å². The molecular weight excluding hydrogens is 755 g/mol. The van der Waals surface area contributed by atoms with Crippen LogP contribution in [-0.4, -0.2) is 74.2 Å². The third-order valence-electron chi connectivity index (χ3n) is 8.12. The summed E-state index contributed by atoms with van der Waals surface area (Å²) in [6.07, 6.45) is 2.07. The summed E-state index contributed by atoms with van der Waals surface area (Å²) < 4.78 is 13.4. The quantitative estimate of drug-likeness (QED) is 0.0600.